The number of hydrogen-bond donors (Lipinski definition) is 1. The molecule has 3 saturated carbocycles. The Balaban J connectivity index is 1.56. The summed E-state index contributed by atoms with van der Waals surface area (Å²) in [4.78, 5) is 0. The Bertz CT molecular complexity index is 639. The summed E-state index contributed by atoms with van der Waals surface area (Å²) in [6.07, 6.45) is 15.4. The van der Waals surface area contributed by atoms with Gasteiger partial charge in [-0.3, -0.25) is 0 Å². The Hall–Kier alpha value is -0.340. The van der Waals surface area contributed by atoms with Crippen molar-refractivity contribution in [3.8, 4) is 0 Å². The Morgan fingerprint density at radius 3 is 2.50 bits per heavy atom. The molecule has 4 aliphatic carbocycles. The van der Waals surface area contributed by atoms with Crippen LogP contribution in [0.4, 0.5) is 0 Å². The van der Waals surface area contributed by atoms with Gasteiger partial charge in [0.05, 0.1) is 12.2 Å². The van der Waals surface area contributed by atoms with E-state index in [-0.39, 0.29) is 12.2 Å². The van der Waals surface area contributed by atoms with Gasteiger partial charge >= 0.3 is 0 Å². The lowest BCUT2D eigenvalue weighted by Gasteiger charge is -2.60. The highest BCUT2D eigenvalue weighted by Crippen LogP contribution is 2.67. The van der Waals surface area contributed by atoms with E-state index in [1.165, 1.54) is 50.5 Å². The van der Waals surface area contributed by atoms with Gasteiger partial charge in [-0.15, -0.1) is 0 Å². The molecule has 9 atom stereocenters. The lowest BCUT2D eigenvalue weighted by atomic mass is 9.46. The zero-order chi connectivity index (χ0) is 21.7. The predicted molar refractivity (Wildman–Crippen MR) is 125 cm³/mol. The molecular formula is C28H48O2. The van der Waals surface area contributed by atoms with Crippen LogP contribution < -0.4 is 0 Å². The first kappa shape index (κ1) is 22.8. The SMILES string of the molecule is COC1C=C2CC(O)CCC2(C)C2CCC3(C)C(CCC3[C@H](C)CCCC(C)C)C12. The van der Waals surface area contributed by atoms with Crippen LogP contribution in [0.1, 0.15) is 98.8 Å². The standard InChI is InChI=1S/C28H48O2/c1-18(2)8-7-9-19(3)22-10-11-23-26-24(13-15-28(22,23)5)27(4)14-12-21(29)16-20(27)17-25(26)30-6/h17-19,21-26,29H,7-16H2,1-6H3/t19-,21?,22?,23?,24?,25?,26?,27?,28?/m1/s1. The van der Waals surface area contributed by atoms with E-state index in [0.717, 1.165) is 48.9 Å². The molecule has 0 heterocycles. The van der Waals surface area contributed by atoms with Crippen LogP contribution in [-0.2, 0) is 4.74 Å². The van der Waals surface area contributed by atoms with Gasteiger partial charge in [0.2, 0.25) is 0 Å². The van der Waals surface area contributed by atoms with E-state index in [2.05, 4.69) is 40.7 Å². The lowest BCUT2D eigenvalue weighted by Crippen LogP contribution is -2.55. The normalized spacial score (nSPS) is 46.7. The number of aliphatic hydroxyl groups is 1. The summed E-state index contributed by atoms with van der Waals surface area (Å²) in [5, 5.41) is 10.3. The third-order valence-electron chi connectivity index (χ3n) is 10.6. The van der Waals surface area contributed by atoms with Crippen LogP contribution in [0.3, 0.4) is 0 Å². The fourth-order valence-corrected chi connectivity index (χ4v) is 8.85. The Kier molecular flexibility index (Phi) is 6.50. The van der Waals surface area contributed by atoms with Crippen LogP contribution >= 0.6 is 0 Å². The van der Waals surface area contributed by atoms with Crippen molar-refractivity contribution in [3.05, 3.63) is 11.6 Å². The van der Waals surface area contributed by atoms with E-state index in [4.69, 9.17) is 4.74 Å². The molecule has 8 unspecified atom stereocenters. The number of hydrogen-bond acceptors (Lipinski definition) is 2. The van der Waals surface area contributed by atoms with Crippen molar-refractivity contribution in [2.45, 2.75) is 111 Å². The molecule has 30 heavy (non-hydrogen) atoms. The highest BCUT2D eigenvalue weighted by atomic mass is 16.5. The zero-order valence-corrected chi connectivity index (χ0v) is 20.6. The summed E-state index contributed by atoms with van der Waals surface area (Å²) in [6, 6.07) is 0. The van der Waals surface area contributed by atoms with Gasteiger partial charge in [0.25, 0.3) is 0 Å². The highest BCUT2D eigenvalue weighted by molar-refractivity contribution is 5.28. The van der Waals surface area contributed by atoms with Crippen molar-refractivity contribution in [2.75, 3.05) is 7.11 Å². The Morgan fingerprint density at radius 1 is 1.03 bits per heavy atom. The summed E-state index contributed by atoms with van der Waals surface area (Å²) in [7, 11) is 1.92. The fraction of sp³-hybridized carbons (Fsp3) is 0.929. The van der Waals surface area contributed by atoms with E-state index in [1.807, 2.05) is 7.11 Å². The van der Waals surface area contributed by atoms with Gasteiger partial charge in [0.1, 0.15) is 0 Å². The second-order valence-electron chi connectivity index (χ2n) is 12.5. The average molecular weight is 417 g/mol. The second-order valence-corrected chi connectivity index (χ2v) is 12.5. The molecule has 0 aromatic carbocycles. The molecular weight excluding hydrogens is 368 g/mol. The van der Waals surface area contributed by atoms with Crippen molar-refractivity contribution < 1.29 is 9.84 Å². The third-order valence-corrected chi connectivity index (χ3v) is 10.6. The van der Waals surface area contributed by atoms with E-state index < -0.39 is 0 Å². The average Bonchev–Trinajstić information content (AvgIpc) is 3.05. The zero-order valence-electron chi connectivity index (χ0n) is 20.6. The van der Waals surface area contributed by atoms with Crippen LogP contribution in [0.5, 0.6) is 0 Å². The summed E-state index contributed by atoms with van der Waals surface area (Å²) in [6.45, 7) is 12.5. The van der Waals surface area contributed by atoms with Crippen LogP contribution in [-0.4, -0.2) is 24.4 Å². The van der Waals surface area contributed by atoms with Crippen molar-refractivity contribution in [1.29, 1.82) is 0 Å². The molecule has 0 amide bonds. The highest BCUT2D eigenvalue weighted by Gasteiger charge is 2.61. The maximum absolute atomic E-state index is 10.3. The van der Waals surface area contributed by atoms with E-state index in [0.29, 0.717) is 16.7 Å². The summed E-state index contributed by atoms with van der Waals surface area (Å²) >= 11 is 0. The monoisotopic (exact) mass is 416 g/mol. The smallest absolute Gasteiger partial charge is 0.0788 e. The molecule has 0 saturated heterocycles. The second kappa shape index (κ2) is 8.54. The van der Waals surface area contributed by atoms with Crippen molar-refractivity contribution >= 4 is 0 Å². The lowest BCUT2D eigenvalue weighted by molar-refractivity contribution is -0.106. The molecule has 2 heteroatoms. The minimum absolute atomic E-state index is 0.144. The van der Waals surface area contributed by atoms with Crippen molar-refractivity contribution in [3.63, 3.8) is 0 Å². The molecule has 0 bridgehead atoms. The maximum atomic E-state index is 10.3. The molecule has 0 aromatic rings. The van der Waals surface area contributed by atoms with Gasteiger partial charge < -0.3 is 9.84 Å². The van der Waals surface area contributed by atoms with E-state index in [9.17, 15) is 5.11 Å². The molecule has 0 aliphatic heterocycles. The number of rotatable bonds is 6. The minimum Gasteiger partial charge on any atom is -0.393 e. The van der Waals surface area contributed by atoms with Gasteiger partial charge in [-0.2, -0.15) is 0 Å². The largest absolute Gasteiger partial charge is 0.393 e. The quantitative estimate of drug-likeness (QED) is 0.472. The van der Waals surface area contributed by atoms with Crippen LogP contribution in [0.2, 0.25) is 0 Å². The number of fused-ring (bicyclic) bond motifs is 5. The van der Waals surface area contributed by atoms with Gasteiger partial charge in [0, 0.05) is 7.11 Å². The molecule has 0 spiro atoms. The van der Waals surface area contributed by atoms with Crippen molar-refractivity contribution in [1.82, 2.24) is 0 Å². The summed E-state index contributed by atoms with van der Waals surface area (Å²) in [5.74, 6) is 4.79. The van der Waals surface area contributed by atoms with Crippen LogP contribution in [0.25, 0.3) is 0 Å². The molecule has 3 fully saturated rings. The first-order chi connectivity index (χ1) is 14.2. The Morgan fingerprint density at radius 2 is 1.80 bits per heavy atom. The fourth-order valence-electron chi connectivity index (χ4n) is 8.85. The molecule has 1 N–H and O–H groups in total. The third kappa shape index (κ3) is 3.72. The topological polar surface area (TPSA) is 29.5 Å². The van der Waals surface area contributed by atoms with Gasteiger partial charge in [-0.1, -0.05) is 65.5 Å². The van der Waals surface area contributed by atoms with Gasteiger partial charge in [0.15, 0.2) is 0 Å². The maximum Gasteiger partial charge on any atom is 0.0788 e. The van der Waals surface area contributed by atoms with E-state index in [1.54, 1.807) is 0 Å². The first-order valence-electron chi connectivity index (χ1n) is 13.1. The Labute approximate surface area is 186 Å². The molecule has 172 valence electrons. The van der Waals surface area contributed by atoms with Gasteiger partial charge in [-0.05, 0) is 91.3 Å². The summed E-state index contributed by atoms with van der Waals surface area (Å²) < 4.78 is 6.17. The van der Waals surface area contributed by atoms with Gasteiger partial charge in [-0.25, -0.2) is 0 Å². The number of ether oxygens (including phenoxy) is 1. The number of methoxy groups -OCH3 is 1. The first-order valence-corrected chi connectivity index (χ1v) is 13.1. The molecule has 4 aliphatic rings. The summed E-state index contributed by atoms with van der Waals surface area (Å²) in [5.41, 5.74) is 2.29. The predicted octanol–water partition coefficient (Wildman–Crippen LogP) is 7.01. The van der Waals surface area contributed by atoms with Crippen LogP contribution in [0.15, 0.2) is 11.6 Å². The molecule has 2 nitrogen and oxygen atoms in total. The van der Waals surface area contributed by atoms with E-state index >= 15 is 0 Å². The van der Waals surface area contributed by atoms with Crippen LogP contribution in [0, 0.1) is 46.3 Å². The molecule has 0 radical (unpaired) electrons. The molecule has 0 aromatic heterocycles. The molecule has 4 rings (SSSR count). The number of aliphatic hydroxyl groups excluding tert-OH is 1. The minimum atomic E-state index is -0.144. The van der Waals surface area contributed by atoms with Crippen molar-refractivity contribution in [2.24, 2.45) is 46.3 Å².